The van der Waals surface area contributed by atoms with Gasteiger partial charge in [-0.25, -0.2) is 4.39 Å². The van der Waals surface area contributed by atoms with Crippen molar-refractivity contribution in [3.8, 4) is 5.75 Å². The molecule has 0 amide bonds. The Balaban J connectivity index is 0.00000228. The summed E-state index contributed by atoms with van der Waals surface area (Å²) in [6, 6.07) is 2.51. The topological polar surface area (TPSA) is 79.4 Å². The molecule has 1 unspecified atom stereocenters. The van der Waals surface area contributed by atoms with Crippen LogP contribution in [0.1, 0.15) is 45.1 Å². The minimum Gasteiger partial charge on any atom is -0.492 e. The molecule has 33 heavy (non-hydrogen) atoms. The molecule has 0 spiro atoms. The van der Waals surface area contributed by atoms with Crippen molar-refractivity contribution in [2.75, 3.05) is 25.1 Å². The molecule has 1 saturated heterocycles. The second-order valence-electron chi connectivity index (χ2n) is 9.50. The molecule has 1 aliphatic heterocycles. The van der Waals surface area contributed by atoms with Gasteiger partial charge >= 0.3 is 0 Å². The van der Waals surface area contributed by atoms with Crippen molar-refractivity contribution in [3.63, 3.8) is 0 Å². The monoisotopic (exact) mass is 494 g/mol. The van der Waals surface area contributed by atoms with Gasteiger partial charge in [0.05, 0.1) is 18.0 Å². The van der Waals surface area contributed by atoms with E-state index in [1.807, 2.05) is 4.57 Å². The third-order valence-corrected chi connectivity index (χ3v) is 8.12. The van der Waals surface area contributed by atoms with Crippen molar-refractivity contribution >= 4 is 50.7 Å². The molecule has 7 nitrogen and oxygen atoms in total. The van der Waals surface area contributed by atoms with Crippen LogP contribution in [-0.2, 0) is 0 Å². The summed E-state index contributed by atoms with van der Waals surface area (Å²) in [7, 11) is 1.54. The van der Waals surface area contributed by atoms with Gasteiger partial charge in [0, 0.05) is 31.2 Å². The van der Waals surface area contributed by atoms with E-state index >= 15 is 4.39 Å². The Hall–Kier alpha value is -2.10. The zero-order valence-electron chi connectivity index (χ0n) is 18.7. The minimum absolute atomic E-state index is 0. The second-order valence-corrected chi connectivity index (χ2v) is 10.3. The maximum atomic E-state index is 15.6. The molecule has 3 fully saturated rings. The number of ether oxygens (including phenoxy) is 1. The number of aromatic nitrogens is 2. The zero-order chi connectivity index (χ0) is 22.1. The van der Waals surface area contributed by atoms with Gasteiger partial charge in [-0.1, -0.05) is 0 Å². The Morgan fingerprint density at radius 3 is 2.67 bits per heavy atom. The summed E-state index contributed by atoms with van der Waals surface area (Å²) in [5, 5.41) is 4.00. The summed E-state index contributed by atoms with van der Waals surface area (Å²) < 4.78 is 26.1. The highest BCUT2D eigenvalue weighted by Crippen LogP contribution is 2.46. The van der Waals surface area contributed by atoms with Crippen LogP contribution in [0.5, 0.6) is 5.75 Å². The predicted molar refractivity (Wildman–Crippen MR) is 132 cm³/mol. The van der Waals surface area contributed by atoms with E-state index in [1.165, 1.54) is 37.6 Å². The second kappa shape index (κ2) is 8.29. The maximum Gasteiger partial charge on any atom is 0.271 e. The molecule has 0 bridgehead atoms. The van der Waals surface area contributed by atoms with Crippen LogP contribution in [0.2, 0.25) is 0 Å². The minimum atomic E-state index is -0.469. The molecule has 2 atom stereocenters. The van der Waals surface area contributed by atoms with Gasteiger partial charge in [-0.2, -0.15) is 0 Å². The lowest BCUT2D eigenvalue weighted by Crippen LogP contribution is -2.36. The normalized spacial score (nSPS) is 21.5. The molecule has 3 aliphatic rings. The number of anilines is 1. The average Bonchev–Trinajstić information content (AvgIpc) is 3.69. The number of rotatable bonds is 6. The number of nitrogens with zero attached hydrogens (tertiary/aromatic N) is 2. The number of fused-ring (bicyclic) bond motifs is 2. The summed E-state index contributed by atoms with van der Waals surface area (Å²) in [6.45, 7) is 3.70. The van der Waals surface area contributed by atoms with E-state index in [0.717, 1.165) is 32.4 Å². The van der Waals surface area contributed by atoms with Crippen LogP contribution in [0.15, 0.2) is 15.7 Å². The first-order valence-electron chi connectivity index (χ1n) is 11.4. The van der Waals surface area contributed by atoms with Crippen molar-refractivity contribution in [2.45, 2.75) is 57.2 Å². The highest BCUT2D eigenvalue weighted by molar-refractivity contribution is 7.12. The standard InChI is InChI=1S/C23H27FN4O3S.ClH/c1-11(25-13-3-4-13)12-7-8-27(10-12)19-16(24)9-15-18(21(19)31-2)28(14-5-6-14)23-17(20(15)29)22(30)26-32-23;/h9,11-14,25H,3-8,10H2,1-2H3,(H,26,30);1H/t11?,12-;/m1./s1. The van der Waals surface area contributed by atoms with Crippen LogP contribution in [0.4, 0.5) is 10.1 Å². The lowest BCUT2D eigenvalue weighted by molar-refractivity contribution is 0.397. The van der Waals surface area contributed by atoms with Crippen LogP contribution in [0, 0.1) is 11.7 Å². The number of pyridine rings is 1. The fourth-order valence-corrected chi connectivity index (χ4v) is 6.16. The van der Waals surface area contributed by atoms with Crippen molar-refractivity contribution in [1.29, 1.82) is 0 Å². The Labute approximate surface area is 200 Å². The summed E-state index contributed by atoms with van der Waals surface area (Å²) in [4.78, 5) is 28.2. The van der Waals surface area contributed by atoms with E-state index in [-0.39, 0.29) is 29.2 Å². The van der Waals surface area contributed by atoms with Gasteiger partial charge in [0.1, 0.15) is 15.9 Å². The van der Waals surface area contributed by atoms with Crippen LogP contribution in [0.3, 0.4) is 0 Å². The van der Waals surface area contributed by atoms with E-state index in [4.69, 9.17) is 4.74 Å². The number of hydrogen-bond donors (Lipinski definition) is 2. The first kappa shape index (κ1) is 22.7. The van der Waals surface area contributed by atoms with E-state index in [0.29, 0.717) is 39.8 Å². The van der Waals surface area contributed by atoms with E-state index in [2.05, 4.69) is 21.5 Å². The van der Waals surface area contributed by atoms with Crippen LogP contribution in [-0.4, -0.2) is 41.2 Å². The molecule has 10 heteroatoms. The summed E-state index contributed by atoms with van der Waals surface area (Å²) in [5.41, 5.74) is 0.192. The first-order valence-corrected chi connectivity index (χ1v) is 12.3. The van der Waals surface area contributed by atoms with Crippen molar-refractivity contribution < 1.29 is 9.13 Å². The number of hydrogen-bond acceptors (Lipinski definition) is 6. The largest absolute Gasteiger partial charge is 0.492 e. The molecule has 2 aliphatic carbocycles. The van der Waals surface area contributed by atoms with Crippen LogP contribution >= 0.6 is 23.9 Å². The number of methoxy groups -OCH3 is 1. The highest BCUT2D eigenvalue weighted by Gasteiger charge is 2.36. The van der Waals surface area contributed by atoms with Crippen molar-refractivity contribution in [1.82, 2.24) is 14.3 Å². The van der Waals surface area contributed by atoms with Gasteiger partial charge in [0.15, 0.2) is 11.6 Å². The van der Waals surface area contributed by atoms with Gasteiger partial charge in [-0.05, 0) is 62.5 Å². The molecule has 3 heterocycles. The lowest BCUT2D eigenvalue weighted by atomic mass is 10.0. The maximum absolute atomic E-state index is 15.6. The molecule has 3 aromatic rings. The van der Waals surface area contributed by atoms with E-state index in [9.17, 15) is 9.59 Å². The number of benzene rings is 1. The van der Waals surface area contributed by atoms with Gasteiger partial charge in [-0.3, -0.25) is 14.0 Å². The van der Waals surface area contributed by atoms with Crippen LogP contribution in [0.25, 0.3) is 21.1 Å². The highest BCUT2D eigenvalue weighted by atomic mass is 35.5. The Morgan fingerprint density at radius 1 is 1.24 bits per heavy atom. The SMILES string of the molecule is COc1c(N2CC[C@@H](C(C)NC3CC3)C2)c(F)cc2c(=O)c3c(=O)[nH]sc3n(C3CC3)c12.Cl. The number of aromatic amines is 1. The van der Waals surface area contributed by atoms with Crippen molar-refractivity contribution in [3.05, 3.63) is 32.5 Å². The molecular formula is C23H28ClFN4O3S. The quantitative estimate of drug-likeness (QED) is 0.545. The Kier molecular flexibility index (Phi) is 5.69. The molecule has 178 valence electrons. The van der Waals surface area contributed by atoms with Gasteiger partial charge in [0.2, 0.25) is 5.43 Å². The third-order valence-electron chi connectivity index (χ3n) is 7.24. The fraction of sp³-hybridized carbons (Fsp3) is 0.565. The molecule has 0 radical (unpaired) electrons. The first-order chi connectivity index (χ1) is 15.5. The zero-order valence-corrected chi connectivity index (χ0v) is 20.3. The number of halogens is 2. The van der Waals surface area contributed by atoms with E-state index < -0.39 is 16.8 Å². The molecule has 2 saturated carbocycles. The molecule has 6 rings (SSSR count). The smallest absolute Gasteiger partial charge is 0.271 e. The Morgan fingerprint density at radius 2 is 2.00 bits per heavy atom. The average molecular weight is 495 g/mol. The van der Waals surface area contributed by atoms with Gasteiger partial charge in [-0.15, -0.1) is 12.4 Å². The molecule has 2 N–H and O–H groups in total. The molecular weight excluding hydrogens is 467 g/mol. The summed E-state index contributed by atoms with van der Waals surface area (Å²) >= 11 is 1.17. The van der Waals surface area contributed by atoms with E-state index in [1.54, 1.807) is 0 Å². The number of H-pyrrole nitrogens is 1. The predicted octanol–water partition coefficient (Wildman–Crippen LogP) is 3.78. The summed E-state index contributed by atoms with van der Waals surface area (Å²) in [5.74, 6) is 0.358. The van der Waals surface area contributed by atoms with Gasteiger partial charge < -0.3 is 19.5 Å². The molecule has 2 aromatic heterocycles. The lowest BCUT2D eigenvalue weighted by Gasteiger charge is -2.26. The van der Waals surface area contributed by atoms with Gasteiger partial charge in [0.25, 0.3) is 5.56 Å². The summed E-state index contributed by atoms with van der Waals surface area (Å²) in [6.07, 6.45) is 5.39. The Bertz CT molecular complexity index is 1340. The third kappa shape index (κ3) is 3.65. The van der Waals surface area contributed by atoms with Crippen molar-refractivity contribution in [2.24, 2.45) is 5.92 Å². The molecule has 1 aromatic carbocycles. The fourth-order valence-electron chi connectivity index (χ4n) is 5.24. The van der Waals surface area contributed by atoms with Crippen LogP contribution < -0.4 is 25.9 Å². The number of nitrogens with one attached hydrogen (secondary N) is 2.